The highest BCUT2D eigenvalue weighted by molar-refractivity contribution is 6.35. The van der Waals surface area contributed by atoms with Crippen LogP contribution in [0.25, 0.3) is 10.9 Å². The van der Waals surface area contributed by atoms with Crippen LogP contribution in [-0.4, -0.2) is 10.1 Å². The first kappa shape index (κ1) is 9.28. The number of hydrogen-bond acceptors (Lipinski definition) is 2. The van der Waals surface area contributed by atoms with Crippen molar-refractivity contribution in [2.45, 2.75) is 13.8 Å². The standard InChI is InChI=1S/C11H10ClNO/c1-6-7(2)13-10-8(11(6)14)4-3-5-9(10)12/h3-5H,1-2H3,(H,13,14). The fourth-order valence-electron chi connectivity index (χ4n) is 1.44. The molecule has 2 aromatic rings. The average molecular weight is 208 g/mol. The zero-order valence-corrected chi connectivity index (χ0v) is 8.76. The summed E-state index contributed by atoms with van der Waals surface area (Å²) >= 11 is 5.98. The van der Waals surface area contributed by atoms with Crippen molar-refractivity contribution >= 4 is 22.5 Å². The van der Waals surface area contributed by atoms with Crippen LogP contribution in [-0.2, 0) is 0 Å². The van der Waals surface area contributed by atoms with E-state index in [0.717, 1.165) is 11.3 Å². The molecule has 0 atom stereocenters. The quantitative estimate of drug-likeness (QED) is 0.720. The van der Waals surface area contributed by atoms with Gasteiger partial charge in [0.2, 0.25) is 0 Å². The van der Waals surface area contributed by atoms with Gasteiger partial charge in [-0.05, 0) is 26.0 Å². The molecule has 0 amide bonds. The Morgan fingerprint density at radius 2 is 2.00 bits per heavy atom. The zero-order chi connectivity index (χ0) is 10.3. The number of aromatic nitrogens is 1. The zero-order valence-electron chi connectivity index (χ0n) is 8.00. The molecule has 0 aliphatic heterocycles. The molecule has 2 nitrogen and oxygen atoms in total. The molecule has 3 heteroatoms. The molecule has 0 spiro atoms. The van der Waals surface area contributed by atoms with Crippen LogP contribution < -0.4 is 0 Å². The summed E-state index contributed by atoms with van der Waals surface area (Å²) in [4.78, 5) is 4.34. The van der Waals surface area contributed by atoms with Crippen molar-refractivity contribution in [3.63, 3.8) is 0 Å². The van der Waals surface area contributed by atoms with E-state index in [9.17, 15) is 5.11 Å². The molecule has 0 saturated carbocycles. The second-order valence-corrected chi connectivity index (χ2v) is 3.71. The van der Waals surface area contributed by atoms with E-state index in [4.69, 9.17) is 11.6 Å². The van der Waals surface area contributed by atoms with Gasteiger partial charge in [-0.25, -0.2) is 0 Å². The molecular weight excluding hydrogens is 198 g/mol. The molecule has 1 aromatic heterocycles. The van der Waals surface area contributed by atoms with Crippen molar-refractivity contribution in [1.82, 2.24) is 4.98 Å². The molecular formula is C11H10ClNO. The van der Waals surface area contributed by atoms with E-state index in [-0.39, 0.29) is 5.75 Å². The van der Waals surface area contributed by atoms with Gasteiger partial charge in [-0.2, -0.15) is 0 Å². The normalized spacial score (nSPS) is 10.8. The Labute approximate surface area is 87.2 Å². The van der Waals surface area contributed by atoms with Gasteiger partial charge in [0.15, 0.2) is 0 Å². The van der Waals surface area contributed by atoms with Crippen LogP contribution in [0.2, 0.25) is 5.02 Å². The fourth-order valence-corrected chi connectivity index (χ4v) is 1.66. The van der Waals surface area contributed by atoms with Gasteiger partial charge >= 0.3 is 0 Å². The molecule has 1 aromatic carbocycles. The lowest BCUT2D eigenvalue weighted by Gasteiger charge is -2.07. The highest BCUT2D eigenvalue weighted by Gasteiger charge is 2.09. The van der Waals surface area contributed by atoms with Gasteiger partial charge in [0.25, 0.3) is 0 Å². The van der Waals surface area contributed by atoms with Crippen LogP contribution >= 0.6 is 11.6 Å². The highest BCUT2D eigenvalue weighted by Crippen LogP contribution is 2.32. The largest absolute Gasteiger partial charge is 0.507 e. The lowest BCUT2D eigenvalue weighted by molar-refractivity contribution is 0.476. The summed E-state index contributed by atoms with van der Waals surface area (Å²) in [6, 6.07) is 5.39. The average Bonchev–Trinajstić information content (AvgIpc) is 2.17. The minimum atomic E-state index is 0.273. The maximum atomic E-state index is 9.86. The number of benzene rings is 1. The molecule has 0 fully saturated rings. The molecule has 0 aliphatic carbocycles. The summed E-state index contributed by atoms with van der Waals surface area (Å²) in [5, 5.41) is 11.1. The van der Waals surface area contributed by atoms with Crippen LogP contribution in [0.1, 0.15) is 11.3 Å². The lowest BCUT2D eigenvalue weighted by atomic mass is 10.1. The number of nitrogens with zero attached hydrogens (tertiary/aromatic N) is 1. The first-order chi connectivity index (χ1) is 6.61. The SMILES string of the molecule is Cc1nc2c(Cl)cccc2c(O)c1C. The van der Waals surface area contributed by atoms with Gasteiger partial charge in [-0.3, -0.25) is 4.98 Å². The molecule has 1 heterocycles. The Morgan fingerprint density at radius 1 is 1.29 bits per heavy atom. The van der Waals surface area contributed by atoms with Crippen molar-refractivity contribution in [3.05, 3.63) is 34.5 Å². The van der Waals surface area contributed by atoms with Gasteiger partial charge in [0.05, 0.1) is 10.5 Å². The van der Waals surface area contributed by atoms with Gasteiger partial charge in [0.1, 0.15) is 5.75 Å². The van der Waals surface area contributed by atoms with Crippen molar-refractivity contribution in [2.24, 2.45) is 0 Å². The van der Waals surface area contributed by atoms with E-state index in [0.29, 0.717) is 15.9 Å². The molecule has 14 heavy (non-hydrogen) atoms. The molecule has 2 rings (SSSR count). The first-order valence-corrected chi connectivity index (χ1v) is 4.73. The van der Waals surface area contributed by atoms with Crippen LogP contribution in [0.4, 0.5) is 0 Å². The summed E-state index contributed by atoms with van der Waals surface area (Å²) < 4.78 is 0. The van der Waals surface area contributed by atoms with Crippen LogP contribution in [0.5, 0.6) is 5.75 Å². The summed E-state index contributed by atoms with van der Waals surface area (Å²) in [6.07, 6.45) is 0. The molecule has 0 bridgehead atoms. The summed E-state index contributed by atoms with van der Waals surface area (Å²) in [6.45, 7) is 3.70. The Kier molecular flexibility index (Phi) is 2.08. The molecule has 0 aliphatic rings. The maximum Gasteiger partial charge on any atom is 0.129 e. The number of aryl methyl sites for hydroxylation is 1. The number of hydrogen-bond donors (Lipinski definition) is 1. The summed E-state index contributed by atoms with van der Waals surface area (Å²) in [5.41, 5.74) is 2.28. The topological polar surface area (TPSA) is 33.1 Å². The number of rotatable bonds is 0. The number of aromatic hydroxyl groups is 1. The van der Waals surface area contributed by atoms with Crippen molar-refractivity contribution in [2.75, 3.05) is 0 Å². The number of halogens is 1. The number of pyridine rings is 1. The number of para-hydroxylation sites is 1. The molecule has 0 unspecified atom stereocenters. The third-order valence-electron chi connectivity index (χ3n) is 2.42. The molecule has 72 valence electrons. The first-order valence-electron chi connectivity index (χ1n) is 4.35. The van der Waals surface area contributed by atoms with Gasteiger partial charge in [-0.1, -0.05) is 17.7 Å². The summed E-state index contributed by atoms with van der Waals surface area (Å²) in [5.74, 6) is 0.273. The van der Waals surface area contributed by atoms with Crippen LogP contribution in [0, 0.1) is 13.8 Å². The maximum absolute atomic E-state index is 9.86. The minimum Gasteiger partial charge on any atom is -0.507 e. The van der Waals surface area contributed by atoms with E-state index in [2.05, 4.69) is 4.98 Å². The van der Waals surface area contributed by atoms with Gasteiger partial charge < -0.3 is 5.11 Å². The third-order valence-corrected chi connectivity index (χ3v) is 2.72. The lowest BCUT2D eigenvalue weighted by Crippen LogP contribution is -1.90. The van der Waals surface area contributed by atoms with E-state index in [1.807, 2.05) is 19.9 Å². The van der Waals surface area contributed by atoms with Crippen molar-refractivity contribution in [3.8, 4) is 5.75 Å². The molecule has 1 N–H and O–H groups in total. The van der Waals surface area contributed by atoms with Gasteiger partial charge in [0, 0.05) is 16.6 Å². The monoisotopic (exact) mass is 207 g/mol. The van der Waals surface area contributed by atoms with Crippen LogP contribution in [0.3, 0.4) is 0 Å². The third kappa shape index (κ3) is 1.23. The molecule has 0 saturated heterocycles. The smallest absolute Gasteiger partial charge is 0.129 e. The highest BCUT2D eigenvalue weighted by atomic mass is 35.5. The van der Waals surface area contributed by atoms with E-state index in [1.54, 1.807) is 12.1 Å². The van der Waals surface area contributed by atoms with Crippen molar-refractivity contribution < 1.29 is 5.11 Å². The van der Waals surface area contributed by atoms with Gasteiger partial charge in [-0.15, -0.1) is 0 Å². The minimum absolute atomic E-state index is 0.273. The summed E-state index contributed by atoms with van der Waals surface area (Å²) in [7, 11) is 0. The van der Waals surface area contributed by atoms with Crippen molar-refractivity contribution in [1.29, 1.82) is 0 Å². The van der Waals surface area contributed by atoms with E-state index in [1.165, 1.54) is 0 Å². The Bertz CT molecular complexity index is 508. The number of fused-ring (bicyclic) bond motifs is 1. The Hall–Kier alpha value is -1.28. The Balaban J connectivity index is 2.98. The second-order valence-electron chi connectivity index (χ2n) is 3.31. The molecule has 0 radical (unpaired) electrons. The van der Waals surface area contributed by atoms with E-state index < -0.39 is 0 Å². The van der Waals surface area contributed by atoms with E-state index >= 15 is 0 Å². The predicted octanol–water partition coefficient (Wildman–Crippen LogP) is 3.21. The fraction of sp³-hybridized carbons (Fsp3) is 0.182. The second kappa shape index (κ2) is 3.14. The Morgan fingerprint density at radius 3 is 2.71 bits per heavy atom. The predicted molar refractivity (Wildman–Crippen MR) is 57.9 cm³/mol. The van der Waals surface area contributed by atoms with Crippen LogP contribution in [0.15, 0.2) is 18.2 Å².